The molecule has 0 saturated heterocycles. The minimum Gasteiger partial charge on any atom is -0.478 e. The number of carboxylic acid groups (broad SMARTS) is 1. The second kappa shape index (κ2) is 8.82. The van der Waals surface area contributed by atoms with Crippen molar-refractivity contribution in [1.29, 1.82) is 0 Å². The lowest BCUT2D eigenvalue weighted by atomic mass is 9.62. The zero-order valence-corrected chi connectivity index (χ0v) is 20.7. The fraction of sp³-hybridized carbons (Fsp3) is 0.370. The van der Waals surface area contributed by atoms with Gasteiger partial charge in [0.25, 0.3) is 0 Å². The van der Waals surface area contributed by atoms with Crippen LogP contribution in [0.15, 0.2) is 47.9 Å². The van der Waals surface area contributed by atoms with Gasteiger partial charge in [0.05, 0.1) is 5.56 Å². The maximum atomic E-state index is 11.1. The summed E-state index contributed by atoms with van der Waals surface area (Å²) >= 11 is 1.69. The van der Waals surface area contributed by atoms with Crippen molar-refractivity contribution in [2.45, 2.75) is 62.3 Å². The predicted molar refractivity (Wildman–Crippen MR) is 135 cm³/mol. The number of benzene rings is 2. The second-order valence-corrected chi connectivity index (χ2v) is 11.1. The van der Waals surface area contributed by atoms with Crippen molar-refractivity contribution >= 4 is 29.9 Å². The molecule has 0 aliphatic heterocycles. The van der Waals surface area contributed by atoms with Crippen LogP contribution in [0, 0.1) is 0 Å². The minimum atomic E-state index is -0.909. The van der Waals surface area contributed by atoms with E-state index in [1.165, 1.54) is 35.1 Å². The number of fused-ring (bicyclic) bond motifs is 1. The van der Waals surface area contributed by atoms with Crippen molar-refractivity contribution in [3.63, 3.8) is 0 Å². The lowest BCUT2D eigenvalue weighted by molar-refractivity contribution is 0.0697. The predicted octanol–water partition coefficient (Wildman–Crippen LogP) is 6.33. The molecule has 1 aromatic heterocycles. The van der Waals surface area contributed by atoms with Crippen molar-refractivity contribution < 1.29 is 9.90 Å². The van der Waals surface area contributed by atoms with E-state index in [4.69, 9.17) is 5.11 Å². The Kier molecular flexibility index (Phi) is 6.23. The van der Waals surface area contributed by atoms with Crippen molar-refractivity contribution in [3.05, 3.63) is 76.1 Å². The van der Waals surface area contributed by atoms with E-state index in [9.17, 15) is 4.79 Å². The van der Waals surface area contributed by atoms with Gasteiger partial charge in [0.1, 0.15) is 6.33 Å². The molecule has 33 heavy (non-hydrogen) atoms. The molecule has 6 heteroatoms. The molecule has 0 radical (unpaired) electrons. The van der Waals surface area contributed by atoms with Crippen LogP contribution in [0.2, 0.25) is 0 Å². The Bertz CT molecular complexity index is 1210. The van der Waals surface area contributed by atoms with E-state index in [0.29, 0.717) is 5.56 Å². The molecule has 0 saturated carbocycles. The van der Waals surface area contributed by atoms with Gasteiger partial charge in [0, 0.05) is 12.8 Å². The van der Waals surface area contributed by atoms with Crippen LogP contribution in [0.5, 0.6) is 0 Å². The number of carboxylic acids is 1. The SMILES string of the molecule is Cn1cnnc1SCc1cc2c(cc1/C=C/c1ccc(C(=O)O)cc1)C(C)(C)CCC2(C)C. The Morgan fingerprint density at radius 1 is 1.06 bits per heavy atom. The first-order valence-electron chi connectivity index (χ1n) is 11.2. The highest BCUT2D eigenvalue weighted by Crippen LogP contribution is 2.47. The third-order valence-corrected chi connectivity index (χ3v) is 7.84. The molecule has 1 aliphatic rings. The van der Waals surface area contributed by atoms with Gasteiger partial charge in [-0.3, -0.25) is 0 Å². The van der Waals surface area contributed by atoms with E-state index in [1.807, 2.05) is 23.7 Å². The largest absolute Gasteiger partial charge is 0.478 e. The zero-order valence-electron chi connectivity index (χ0n) is 19.9. The number of aromatic nitrogens is 3. The van der Waals surface area contributed by atoms with Gasteiger partial charge in [-0.1, -0.05) is 75.9 Å². The monoisotopic (exact) mass is 461 g/mol. The summed E-state index contributed by atoms with van der Waals surface area (Å²) in [6, 6.07) is 11.7. The number of carbonyl (C=O) groups is 1. The summed E-state index contributed by atoms with van der Waals surface area (Å²) in [5, 5.41) is 18.3. The molecule has 1 N–H and O–H groups in total. The van der Waals surface area contributed by atoms with E-state index in [1.54, 1.807) is 30.2 Å². The van der Waals surface area contributed by atoms with E-state index >= 15 is 0 Å². The lowest BCUT2D eigenvalue weighted by Gasteiger charge is -2.42. The Labute approximate surface area is 200 Å². The number of nitrogens with zero attached hydrogens (tertiary/aromatic N) is 3. The van der Waals surface area contributed by atoms with Crippen LogP contribution in [0.3, 0.4) is 0 Å². The van der Waals surface area contributed by atoms with E-state index < -0.39 is 5.97 Å². The molecule has 0 fully saturated rings. The molecule has 172 valence electrons. The van der Waals surface area contributed by atoms with Gasteiger partial charge in [-0.2, -0.15) is 0 Å². The standard InChI is InChI=1S/C27H31N3O2S/c1-26(2)12-13-27(3,4)23-15-21(16-33-25-29-28-17-30(25)5)20(14-22(23)26)11-8-18-6-9-19(10-7-18)24(31)32/h6-11,14-15,17H,12-13,16H2,1-5H3,(H,31,32)/b11-8+. The maximum Gasteiger partial charge on any atom is 0.335 e. The van der Waals surface area contributed by atoms with Gasteiger partial charge in [-0.05, 0) is 63.6 Å². The van der Waals surface area contributed by atoms with E-state index in [2.05, 4.69) is 62.2 Å². The van der Waals surface area contributed by atoms with Gasteiger partial charge in [0.2, 0.25) is 0 Å². The lowest BCUT2D eigenvalue weighted by Crippen LogP contribution is -2.34. The smallest absolute Gasteiger partial charge is 0.335 e. The van der Waals surface area contributed by atoms with Crippen LogP contribution in [0.1, 0.15) is 78.7 Å². The molecule has 0 amide bonds. The van der Waals surface area contributed by atoms with Crippen molar-refractivity contribution in [3.8, 4) is 0 Å². The zero-order chi connectivity index (χ0) is 23.8. The van der Waals surface area contributed by atoms with Crippen LogP contribution < -0.4 is 0 Å². The summed E-state index contributed by atoms with van der Waals surface area (Å²) in [5.41, 5.74) is 6.87. The number of aryl methyl sites for hydroxylation is 1. The Hall–Kier alpha value is -2.86. The van der Waals surface area contributed by atoms with E-state index in [0.717, 1.165) is 16.5 Å². The second-order valence-electron chi connectivity index (χ2n) is 10.1. The highest BCUT2D eigenvalue weighted by Gasteiger charge is 2.37. The maximum absolute atomic E-state index is 11.1. The molecule has 4 rings (SSSR count). The molecule has 1 heterocycles. The van der Waals surface area contributed by atoms with Crippen LogP contribution in [-0.4, -0.2) is 25.8 Å². The van der Waals surface area contributed by atoms with Crippen molar-refractivity contribution in [2.75, 3.05) is 0 Å². The average molecular weight is 462 g/mol. The number of hydrogen-bond donors (Lipinski definition) is 1. The number of aromatic carboxylic acids is 1. The Morgan fingerprint density at radius 3 is 2.27 bits per heavy atom. The topological polar surface area (TPSA) is 68.0 Å². The third-order valence-electron chi connectivity index (χ3n) is 6.75. The van der Waals surface area contributed by atoms with Gasteiger partial charge in [0.15, 0.2) is 5.16 Å². The molecule has 0 atom stereocenters. The summed E-state index contributed by atoms with van der Waals surface area (Å²) in [6.07, 6.45) is 8.28. The highest BCUT2D eigenvalue weighted by atomic mass is 32.2. The van der Waals surface area contributed by atoms with Crippen molar-refractivity contribution in [2.24, 2.45) is 7.05 Å². The van der Waals surface area contributed by atoms with Crippen LogP contribution in [0.4, 0.5) is 0 Å². The fourth-order valence-electron chi connectivity index (χ4n) is 4.42. The summed E-state index contributed by atoms with van der Waals surface area (Å²) in [5.74, 6) is -0.110. The molecular formula is C27H31N3O2S. The number of rotatable bonds is 6. The minimum absolute atomic E-state index is 0.131. The van der Waals surface area contributed by atoms with Crippen molar-refractivity contribution in [1.82, 2.24) is 14.8 Å². The van der Waals surface area contributed by atoms with Crippen LogP contribution in [-0.2, 0) is 23.6 Å². The van der Waals surface area contributed by atoms with Crippen LogP contribution >= 0.6 is 11.8 Å². The summed E-state index contributed by atoms with van der Waals surface area (Å²) in [6.45, 7) is 9.38. The fourth-order valence-corrected chi connectivity index (χ4v) is 5.31. The molecule has 2 aromatic carbocycles. The van der Waals surface area contributed by atoms with Gasteiger partial charge in [-0.15, -0.1) is 10.2 Å². The van der Waals surface area contributed by atoms with E-state index in [-0.39, 0.29) is 10.8 Å². The molecule has 0 spiro atoms. The van der Waals surface area contributed by atoms with Gasteiger partial charge < -0.3 is 9.67 Å². The average Bonchev–Trinajstić information content (AvgIpc) is 3.19. The van der Waals surface area contributed by atoms with Gasteiger partial charge >= 0.3 is 5.97 Å². The Balaban J connectivity index is 1.74. The summed E-state index contributed by atoms with van der Waals surface area (Å²) in [4.78, 5) is 11.1. The Morgan fingerprint density at radius 2 is 1.70 bits per heavy atom. The van der Waals surface area contributed by atoms with Crippen LogP contribution in [0.25, 0.3) is 12.2 Å². The highest BCUT2D eigenvalue weighted by molar-refractivity contribution is 7.98. The third kappa shape index (κ3) is 4.91. The first-order chi connectivity index (χ1) is 15.6. The molecule has 3 aromatic rings. The normalized spacial score (nSPS) is 16.6. The molecule has 5 nitrogen and oxygen atoms in total. The number of hydrogen-bond acceptors (Lipinski definition) is 4. The summed E-state index contributed by atoms with van der Waals surface area (Å²) < 4.78 is 1.94. The molecule has 0 unspecified atom stereocenters. The first-order valence-corrected chi connectivity index (χ1v) is 12.2. The molecule has 1 aliphatic carbocycles. The first kappa shape index (κ1) is 23.3. The number of thioether (sulfide) groups is 1. The molecular weight excluding hydrogens is 430 g/mol. The quantitative estimate of drug-likeness (QED) is 0.343. The summed E-state index contributed by atoms with van der Waals surface area (Å²) in [7, 11) is 1.96. The van der Waals surface area contributed by atoms with Gasteiger partial charge in [-0.25, -0.2) is 4.79 Å². The molecule has 0 bridgehead atoms.